The molecule has 2 heterocycles. The summed E-state index contributed by atoms with van der Waals surface area (Å²) < 4.78 is 0. The number of imidazole rings is 1. The molecule has 0 spiro atoms. The summed E-state index contributed by atoms with van der Waals surface area (Å²) in [6.07, 6.45) is -0.211. The normalized spacial score (nSPS) is 17.1. The summed E-state index contributed by atoms with van der Waals surface area (Å²) in [7, 11) is 0. The van der Waals surface area contributed by atoms with E-state index in [0.717, 1.165) is 6.92 Å². The van der Waals surface area contributed by atoms with E-state index in [2.05, 4.69) is 63.1 Å². The zero-order valence-electron chi connectivity index (χ0n) is 54.0. The molecule has 1 aromatic rings. The van der Waals surface area contributed by atoms with Crippen LogP contribution >= 0.6 is 0 Å². The highest BCUT2D eigenvalue weighted by molar-refractivity contribution is 6.00. The summed E-state index contributed by atoms with van der Waals surface area (Å²) in [6.45, 7) is 13.7. The number of carboxylic acid groups (broad SMARTS) is 3. The monoisotopic (exact) mass is 1320 g/mol. The van der Waals surface area contributed by atoms with Gasteiger partial charge in [-0.05, 0) is 96.4 Å². The summed E-state index contributed by atoms with van der Waals surface area (Å²) in [5, 5.41) is 63.1. The second kappa shape index (κ2) is 39.5. The van der Waals surface area contributed by atoms with E-state index in [9.17, 15) is 87.2 Å². The summed E-state index contributed by atoms with van der Waals surface area (Å²) in [4.78, 5) is 206. The summed E-state index contributed by atoms with van der Waals surface area (Å²) in [5.74, 6) is -17.3. The van der Waals surface area contributed by atoms with Crippen molar-refractivity contribution < 1.29 is 92.3 Å². The Bertz CT molecular complexity index is 2770. The molecule has 1 fully saturated rings. The SMILES string of the molecule is CC[C@H](C)[C@H](NC(=O)[C@@H]1CCCN1C(=O)[C@@H](N)Cc1cnc[nH]1)C(=O)N[C@@H](CC(N)=O)C(=O)N[C@@H](C)C(=O)N[C@H](C(=O)N[C@@H](CC(C)C)C(=O)N[C@@H](C)C(=O)N[C@H](C(=O)N[C@@H](CCC(=O)O)C(=O)N[C@@H](CCCCN)C(=O)N[C@@H](CCC(=O)O)C(=O)O)C(C)C)[C@@H](C)O. The van der Waals surface area contributed by atoms with Gasteiger partial charge in [-0.1, -0.05) is 48.0 Å². The van der Waals surface area contributed by atoms with Crippen LogP contribution in [-0.4, -0.2) is 216 Å². The van der Waals surface area contributed by atoms with Crippen LogP contribution in [-0.2, 0) is 78.3 Å². The first kappa shape index (κ1) is 80.2. The third-order valence-electron chi connectivity index (χ3n) is 15.3. The van der Waals surface area contributed by atoms with Crippen LogP contribution in [0.2, 0.25) is 0 Å². The molecule has 0 bridgehead atoms. The number of hydrogen-bond donors (Lipinski definition) is 18. The minimum Gasteiger partial charge on any atom is -0.481 e. The molecular weight excluding hydrogens is 1220 g/mol. The molecule has 1 saturated heterocycles. The fourth-order valence-electron chi connectivity index (χ4n) is 9.71. The highest BCUT2D eigenvalue weighted by Gasteiger charge is 2.41. The first-order valence-electron chi connectivity index (χ1n) is 30.9. The number of rotatable bonds is 42. The maximum absolute atomic E-state index is 14.0. The van der Waals surface area contributed by atoms with Gasteiger partial charge in [-0.3, -0.25) is 67.1 Å². The Morgan fingerprint density at radius 3 is 1.58 bits per heavy atom. The first-order valence-corrected chi connectivity index (χ1v) is 30.9. The molecule has 35 nitrogen and oxygen atoms in total. The molecule has 0 aromatic carbocycles. The second-order valence-electron chi connectivity index (χ2n) is 24.0. The van der Waals surface area contributed by atoms with Gasteiger partial charge in [0.1, 0.15) is 66.5 Å². The summed E-state index contributed by atoms with van der Waals surface area (Å²) >= 11 is 0. The van der Waals surface area contributed by atoms with Crippen molar-refractivity contribution in [2.24, 2.45) is 35.0 Å². The molecule has 93 heavy (non-hydrogen) atoms. The number of likely N-dealkylation sites (tertiary alicyclic amines) is 1. The fraction of sp³-hybridized carbons (Fsp3) is 0.690. The van der Waals surface area contributed by atoms with Crippen molar-refractivity contribution >= 4 is 88.8 Å². The Kier molecular flexibility index (Phi) is 34.1. The topological polar surface area (TPSA) is 567 Å². The Labute approximate surface area is 538 Å². The maximum Gasteiger partial charge on any atom is 0.326 e. The molecular formula is C58H96N16O19. The van der Waals surface area contributed by atoms with Gasteiger partial charge in [0.05, 0.1) is 24.9 Å². The second-order valence-corrected chi connectivity index (χ2v) is 24.0. The van der Waals surface area contributed by atoms with E-state index in [-0.39, 0.29) is 51.1 Å². The highest BCUT2D eigenvalue weighted by atomic mass is 16.4. The molecule has 12 amide bonds. The highest BCUT2D eigenvalue weighted by Crippen LogP contribution is 2.21. The Balaban J connectivity index is 2.23. The average Bonchev–Trinajstić information content (AvgIpc) is 1.80. The summed E-state index contributed by atoms with van der Waals surface area (Å²) in [5.41, 5.74) is 17.9. The van der Waals surface area contributed by atoms with Crippen molar-refractivity contribution in [2.45, 2.75) is 224 Å². The van der Waals surface area contributed by atoms with Gasteiger partial charge in [0.25, 0.3) is 0 Å². The fourth-order valence-corrected chi connectivity index (χ4v) is 9.71. The molecule has 21 N–H and O–H groups in total. The number of primary amides is 1. The molecule has 14 atom stereocenters. The number of carbonyl (C=O) groups excluding carboxylic acids is 12. The number of amides is 12. The third-order valence-corrected chi connectivity index (χ3v) is 15.3. The molecule has 0 radical (unpaired) electrons. The number of H-pyrrole nitrogens is 1. The van der Waals surface area contributed by atoms with E-state index in [1.54, 1.807) is 27.7 Å². The van der Waals surface area contributed by atoms with Gasteiger partial charge in [-0.2, -0.15) is 0 Å². The standard InChI is InChI=1S/C58H96N16O19/c1-10-29(6)45(72-53(87)40-15-13-21-74(40)57(91)34(60)23-33-25-62-26-63-33)55(89)70-39(24-41(61)76)52(86)65-31(8)48(82)73-46(32(9)75)56(90)69-38(22-27(2)3)51(85)64-30(7)47(81)71-44(28(4)5)54(88)67-36(16-18-42(77)78)50(84)66-35(14-11-12-20-59)49(83)68-37(58(92)93)17-19-43(79)80/h25-32,34-40,44-46,75H,10-24,59-60H2,1-9H3,(H2,61,76)(H,62,63)(H,64,85)(H,65,86)(H,66,84)(H,67,88)(H,68,83)(H,69,90)(H,70,89)(H,71,81)(H,72,87)(H,73,82)(H,77,78)(H,79,80)(H,92,93)/t29-,30-,31-,32+,34-,35-,36-,37-,38-,39-,40-,44-,45-,46-/m0/s1. The molecule has 0 saturated carbocycles. The van der Waals surface area contributed by atoms with E-state index in [4.69, 9.17) is 22.3 Å². The van der Waals surface area contributed by atoms with Crippen molar-refractivity contribution in [2.75, 3.05) is 13.1 Å². The molecule has 1 aliphatic heterocycles. The predicted octanol–water partition coefficient (Wildman–Crippen LogP) is -4.89. The van der Waals surface area contributed by atoms with Crippen LogP contribution in [0.3, 0.4) is 0 Å². The predicted molar refractivity (Wildman–Crippen MR) is 329 cm³/mol. The van der Waals surface area contributed by atoms with Crippen molar-refractivity contribution in [3.63, 3.8) is 0 Å². The number of carbonyl (C=O) groups is 15. The van der Waals surface area contributed by atoms with Gasteiger partial charge in [0.15, 0.2) is 0 Å². The van der Waals surface area contributed by atoms with Crippen molar-refractivity contribution in [3.05, 3.63) is 18.2 Å². The van der Waals surface area contributed by atoms with Crippen LogP contribution < -0.4 is 70.4 Å². The van der Waals surface area contributed by atoms with Crippen molar-refractivity contribution in [1.29, 1.82) is 0 Å². The van der Waals surface area contributed by atoms with Gasteiger partial charge in [0.2, 0.25) is 70.9 Å². The van der Waals surface area contributed by atoms with Crippen LogP contribution in [0.4, 0.5) is 0 Å². The van der Waals surface area contributed by atoms with Gasteiger partial charge < -0.3 is 101 Å². The van der Waals surface area contributed by atoms with Gasteiger partial charge in [-0.15, -0.1) is 0 Å². The van der Waals surface area contributed by atoms with Crippen LogP contribution in [0.25, 0.3) is 0 Å². The minimum atomic E-state index is -1.80. The average molecular weight is 1320 g/mol. The zero-order chi connectivity index (χ0) is 70.6. The lowest BCUT2D eigenvalue weighted by Gasteiger charge is -2.30. The summed E-state index contributed by atoms with van der Waals surface area (Å²) in [6, 6.07) is -17.5. The third kappa shape index (κ3) is 27.5. The van der Waals surface area contributed by atoms with E-state index in [1.807, 2.05) is 0 Å². The molecule has 1 aliphatic rings. The first-order chi connectivity index (χ1) is 43.5. The van der Waals surface area contributed by atoms with Crippen LogP contribution in [0.5, 0.6) is 0 Å². The van der Waals surface area contributed by atoms with Crippen molar-refractivity contribution in [3.8, 4) is 0 Å². The number of aromatic amines is 1. The number of aliphatic hydroxyl groups excluding tert-OH is 1. The molecule has 522 valence electrons. The van der Waals surface area contributed by atoms with E-state index in [1.165, 1.54) is 45.1 Å². The van der Waals surface area contributed by atoms with E-state index in [0.29, 0.717) is 25.0 Å². The number of aromatic nitrogens is 2. The van der Waals surface area contributed by atoms with Gasteiger partial charge >= 0.3 is 17.9 Å². The number of nitrogens with one attached hydrogen (secondary N) is 11. The Hall–Kier alpha value is -8.86. The molecule has 2 rings (SSSR count). The zero-order valence-corrected chi connectivity index (χ0v) is 54.0. The molecule has 0 aliphatic carbocycles. The van der Waals surface area contributed by atoms with Crippen LogP contribution in [0, 0.1) is 17.8 Å². The largest absolute Gasteiger partial charge is 0.481 e. The number of nitrogens with two attached hydrogens (primary N) is 3. The lowest BCUT2D eigenvalue weighted by Crippen LogP contribution is -2.62. The Morgan fingerprint density at radius 1 is 0.602 bits per heavy atom. The number of unbranched alkanes of at least 4 members (excludes halogenated alkanes) is 1. The van der Waals surface area contributed by atoms with E-state index < -0.39 is 211 Å². The number of carboxylic acids is 3. The molecule has 0 unspecified atom stereocenters. The quantitative estimate of drug-likeness (QED) is 0.0273. The smallest absolute Gasteiger partial charge is 0.326 e. The molecule has 1 aromatic heterocycles. The number of hydrogen-bond acceptors (Lipinski definition) is 19. The van der Waals surface area contributed by atoms with Crippen LogP contribution in [0.1, 0.15) is 145 Å². The lowest BCUT2D eigenvalue weighted by molar-refractivity contribution is -0.143. The van der Waals surface area contributed by atoms with Crippen LogP contribution in [0.15, 0.2) is 12.5 Å². The van der Waals surface area contributed by atoms with Gasteiger partial charge in [0, 0.05) is 37.7 Å². The number of nitrogens with zero attached hydrogens (tertiary/aromatic N) is 2. The van der Waals surface area contributed by atoms with Crippen molar-refractivity contribution in [1.82, 2.24) is 68.0 Å². The maximum atomic E-state index is 14.0. The minimum absolute atomic E-state index is 0.0781. The number of aliphatic hydroxyl groups is 1. The van der Waals surface area contributed by atoms with E-state index >= 15 is 0 Å². The lowest BCUT2D eigenvalue weighted by atomic mass is 9.97. The number of aliphatic carboxylic acids is 3. The Morgan fingerprint density at radius 2 is 1.09 bits per heavy atom. The van der Waals surface area contributed by atoms with Gasteiger partial charge in [-0.25, -0.2) is 9.78 Å². The molecule has 35 heteroatoms.